The number of carbonyl (C=O) groups is 2. The fourth-order valence-electron chi connectivity index (χ4n) is 1.76. The summed E-state index contributed by atoms with van der Waals surface area (Å²) >= 11 is 0. The van der Waals surface area contributed by atoms with Crippen molar-refractivity contribution in [3.63, 3.8) is 0 Å². The van der Waals surface area contributed by atoms with Gasteiger partial charge in [0.2, 0.25) is 11.8 Å². The molecule has 0 aliphatic carbocycles. The number of anilines is 1. The maximum Gasteiger partial charge on any atom is 0.226 e. The molecular formula is C16H25N3O2. The molecule has 1 aromatic rings. The number of rotatable bonds is 8. The van der Waals surface area contributed by atoms with Gasteiger partial charge in [-0.15, -0.1) is 0 Å². The van der Waals surface area contributed by atoms with Gasteiger partial charge in [0, 0.05) is 24.6 Å². The molecule has 0 unspecified atom stereocenters. The van der Waals surface area contributed by atoms with Crippen LogP contribution in [0.3, 0.4) is 0 Å². The van der Waals surface area contributed by atoms with Crippen LogP contribution in [0.4, 0.5) is 5.69 Å². The molecule has 0 aromatic heterocycles. The Labute approximate surface area is 126 Å². The Kier molecular flexibility index (Phi) is 7.46. The van der Waals surface area contributed by atoms with E-state index >= 15 is 0 Å². The van der Waals surface area contributed by atoms with Crippen molar-refractivity contribution in [2.45, 2.75) is 39.7 Å². The molecule has 0 aliphatic heterocycles. The first-order valence-corrected chi connectivity index (χ1v) is 7.39. The molecule has 0 heterocycles. The van der Waals surface area contributed by atoms with Gasteiger partial charge in [-0.25, -0.2) is 0 Å². The normalized spacial score (nSPS) is 10.5. The molecule has 116 valence electrons. The third-order valence-electron chi connectivity index (χ3n) is 3.07. The Morgan fingerprint density at radius 2 is 2.00 bits per heavy atom. The molecule has 0 saturated carbocycles. The van der Waals surface area contributed by atoms with E-state index in [4.69, 9.17) is 5.73 Å². The molecule has 4 N–H and O–H groups in total. The van der Waals surface area contributed by atoms with Crippen molar-refractivity contribution in [2.75, 3.05) is 11.9 Å². The SMILES string of the molecule is CC(C)C(=O)Nc1cccc(CNC(=O)CCCCN)c1. The van der Waals surface area contributed by atoms with E-state index in [1.165, 1.54) is 0 Å². The maximum absolute atomic E-state index is 11.6. The van der Waals surface area contributed by atoms with Gasteiger partial charge in [0.25, 0.3) is 0 Å². The first-order chi connectivity index (χ1) is 10.0. The minimum Gasteiger partial charge on any atom is -0.352 e. The molecule has 0 fully saturated rings. The summed E-state index contributed by atoms with van der Waals surface area (Å²) in [6, 6.07) is 7.50. The average Bonchev–Trinajstić information content (AvgIpc) is 2.45. The summed E-state index contributed by atoms with van der Waals surface area (Å²) < 4.78 is 0. The van der Waals surface area contributed by atoms with Crippen molar-refractivity contribution in [2.24, 2.45) is 11.7 Å². The van der Waals surface area contributed by atoms with Gasteiger partial charge in [-0.2, -0.15) is 0 Å². The fraction of sp³-hybridized carbons (Fsp3) is 0.500. The van der Waals surface area contributed by atoms with Crippen molar-refractivity contribution in [1.29, 1.82) is 0 Å². The Balaban J connectivity index is 2.45. The minimum atomic E-state index is -0.0593. The summed E-state index contributed by atoms with van der Waals surface area (Å²) in [5.41, 5.74) is 7.11. The van der Waals surface area contributed by atoms with Crippen LogP contribution < -0.4 is 16.4 Å². The van der Waals surface area contributed by atoms with E-state index in [1.807, 2.05) is 38.1 Å². The van der Waals surface area contributed by atoms with Crippen LogP contribution in [-0.4, -0.2) is 18.4 Å². The van der Waals surface area contributed by atoms with Crippen LogP contribution in [0.15, 0.2) is 24.3 Å². The zero-order valence-electron chi connectivity index (χ0n) is 12.8. The lowest BCUT2D eigenvalue weighted by Crippen LogP contribution is -2.23. The molecule has 5 nitrogen and oxygen atoms in total. The van der Waals surface area contributed by atoms with Gasteiger partial charge < -0.3 is 16.4 Å². The molecule has 5 heteroatoms. The van der Waals surface area contributed by atoms with Crippen LogP contribution in [0, 0.1) is 5.92 Å². The van der Waals surface area contributed by atoms with E-state index in [9.17, 15) is 9.59 Å². The maximum atomic E-state index is 11.6. The fourth-order valence-corrected chi connectivity index (χ4v) is 1.76. The number of amides is 2. The van der Waals surface area contributed by atoms with Gasteiger partial charge >= 0.3 is 0 Å². The van der Waals surface area contributed by atoms with E-state index in [0.717, 1.165) is 24.1 Å². The molecule has 0 radical (unpaired) electrons. The number of unbranched alkanes of at least 4 members (excludes halogenated alkanes) is 1. The van der Waals surface area contributed by atoms with Crippen molar-refractivity contribution in [3.05, 3.63) is 29.8 Å². The standard InChI is InChI=1S/C16H25N3O2/c1-12(2)16(21)19-14-7-5-6-13(10-14)11-18-15(20)8-3-4-9-17/h5-7,10,12H,3-4,8-9,11,17H2,1-2H3,(H,18,20)(H,19,21). The van der Waals surface area contributed by atoms with Gasteiger partial charge in [0.15, 0.2) is 0 Å². The van der Waals surface area contributed by atoms with E-state index in [0.29, 0.717) is 19.5 Å². The summed E-state index contributed by atoms with van der Waals surface area (Å²) in [4.78, 5) is 23.3. The Morgan fingerprint density at radius 1 is 1.24 bits per heavy atom. The lowest BCUT2D eigenvalue weighted by Gasteiger charge is -2.10. The molecule has 0 bridgehead atoms. The molecule has 0 spiro atoms. The third-order valence-corrected chi connectivity index (χ3v) is 3.07. The smallest absolute Gasteiger partial charge is 0.226 e. The number of nitrogens with two attached hydrogens (primary N) is 1. The van der Waals surface area contributed by atoms with Crippen molar-refractivity contribution in [1.82, 2.24) is 5.32 Å². The zero-order chi connectivity index (χ0) is 15.7. The lowest BCUT2D eigenvalue weighted by molar-refractivity contribution is -0.121. The second-order valence-electron chi connectivity index (χ2n) is 5.37. The highest BCUT2D eigenvalue weighted by Crippen LogP contribution is 2.12. The number of hydrogen-bond donors (Lipinski definition) is 3. The Bertz CT molecular complexity index is 472. The second-order valence-corrected chi connectivity index (χ2v) is 5.37. The number of hydrogen-bond acceptors (Lipinski definition) is 3. The molecule has 2 amide bonds. The molecular weight excluding hydrogens is 266 g/mol. The number of nitrogens with one attached hydrogen (secondary N) is 2. The lowest BCUT2D eigenvalue weighted by atomic mass is 10.1. The topological polar surface area (TPSA) is 84.2 Å². The third kappa shape index (κ3) is 6.90. The Morgan fingerprint density at radius 3 is 2.67 bits per heavy atom. The molecule has 0 atom stereocenters. The summed E-state index contributed by atoms with van der Waals surface area (Å²) in [5.74, 6) is -0.0473. The predicted molar refractivity (Wildman–Crippen MR) is 84.7 cm³/mol. The summed E-state index contributed by atoms with van der Waals surface area (Å²) in [7, 11) is 0. The largest absolute Gasteiger partial charge is 0.352 e. The van der Waals surface area contributed by atoms with E-state index in [-0.39, 0.29) is 17.7 Å². The minimum absolute atomic E-state index is 0.0158. The highest BCUT2D eigenvalue weighted by Gasteiger charge is 2.07. The van der Waals surface area contributed by atoms with Crippen LogP contribution in [-0.2, 0) is 16.1 Å². The van der Waals surface area contributed by atoms with Crippen LogP contribution >= 0.6 is 0 Å². The van der Waals surface area contributed by atoms with Crippen LogP contribution in [0.5, 0.6) is 0 Å². The quantitative estimate of drug-likeness (QED) is 0.641. The van der Waals surface area contributed by atoms with E-state index in [2.05, 4.69) is 10.6 Å². The van der Waals surface area contributed by atoms with Crippen molar-refractivity contribution in [3.8, 4) is 0 Å². The first kappa shape index (κ1) is 17.2. The Hall–Kier alpha value is -1.88. The highest BCUT2D eigenvalue weighted by molar-refractivity contribution is 5.92. The first-order valence-electron chi connectivity index (χ1n) is 7.39. The van der Waals surface area contributed by atoms with Crippen LogP contribution in [0.1, 0.15) is 38.7 Å². The predicted octanol–water partition coefficient (Wildman–Crippen LogP) is 2.03. The second kappa shape index (κ2) is 9.13. The summed E-state index contributed by atoms with van der Waals surface area (Å²) in [6.45, 7) is 4.78. The van der Waals surface area contributed by atoms with Gasteiger partial charge in [0.1, 0.15) is 0 Å². The summed E-state index contributed by atoms with van der Waals surface area (Å²) in [6.07, 6.45) is 2.18. The van der Waals surface area contributed by atoms with E-state index < -0.39 is 0 Å². The molecule has 1 aromatic carbocycles. The van der Waals surface area contributed by atoms with Gasteiger partial charge in [-0.1, -0.05) is 26.0 Å². The number of benzene rings is 1. The monoisotopic (exact) mass is 291 g/mol. The highest BCUT2D eigenvalue weighted by atomic mass is 16.2. The van der Waals surface area contributed by atoms with Crippen molar-refractivity contribution < 1.29 is 9.59 Å². The van der Waals surface area contributed by atoms with Gasteiger partial charge in [-0.3, -0.25) is 9.59 Å². The van der Waals surface area contributed by atoms with Crippen LogP contribution in [0.25, 0.3) is 0 Å². The van der Waals surface area contributed by atoms with E-state index in [1.54, 1.807) is 0 Å². The molecule has 0 saturated heterocycles. The zero-order valence-corrected chi connectivity index (χ0v) is 12.8. The average molecular weight is 291 g/mol. The van der Waals surface area contributed by atoms with Crippen molar-refractivity contribution >= 4 is 17.5 Å². The van der Waals surface area contributed by atoms with Gasteiger partial charge in [-0.05, 0) is 37.1 Å². The molecule has 0 aliphatic rings. The van der Waals surface area contributed by atoms with Crippen LogP contribution in [0.2, 0.25) is 0 Å². The molecule has 21 heavy (non-hydrogen) atoms. The summed E-state index contributed by atoms with van der Waals surface area (Å²) in [5, 5.41) is 5.71. The number of carbonyl (C=O) groups excluding carboxylic acids is 2. The van der Waals surface area contributed by atoms with Gasteiger partial charge in [0.05, 0.1) is 0 Å². The molecule has 1 rings (SSSR count).